The Hall–Kier alpha value is -2.77. The zero-order valence-corrected chi connectivity index (χ0v) is 18.1. The van der Waals surface area contributed by atoms with Gasteiger partial charge in [-0.05, 0) is 60.9 Å². The Bertz CT molecular complexity index is 1050. The zero-order chi connectivity index (χ0) is 21.6. The van der Waals surface area contributed by atoms with Gasteiger partial charge in [-0.25, -0.2) is 9.89 Å². The summed E-state index contributed by atoms with van der Waals surface area (Å²) in [5.41, 5.74) is 3.45. The maximum absolute atomic E-state index is 12.9. The van der Waals surface area contributed by atoms with Crippen molar-refractivity contribution in [2.24, 2.45) is 11.8 Å². The summed E-state index contributed by atoms with van der Waals surface area (Å²) in [7, 11) is 0. The molecule has 1 aromatic carbocycles. The number of carboxylic acids is 1. The maximum atomic E-state index is 12.9. The first-order valence-corrected chi connectivity index (χ1v) is 11.5. The first kappa shape index (κ1) is 21.5. The van der Waals surface area contributed by atoms with Crippen molar-refractivity contribution in [3.05, 3.63) is 63.8 Å². The number of rotatable bonds is 8. The normalized spacial score (nSPS) is 18.7. The molecule has 1 aliphatic carbocycles. The van der Waals surface area contributed by atoms with Gasteiger partial charge in [-0.1, -0.05) is 36.4 Å². The van der Waals surface area contributed by atoms with Crippen LogP contribution in [0.5, 0.6) is 0 Å². The molecule has 2 N–H and O–H groups in total. The van der Waals surface area contributed by atoms with Crippen LogP contribution in [-0.4, -0.2) is 34.5 Å². The number of hydrogen-bond acceptors (Lipinski definition) is 5. The molecule has 6 nitrogen and oxygen atoms in total. The average molecular weight is 439 g/mol. The summed E-state index contributed by atoms with van der Waals surface area (Å²) in [6.45, 7) is 0.255. The van der Waals surface area contributed by atoms with Gasteiger partial charge in [0.2, 0.25) is 0 Å². The molecule has 3 aromatic rings. The van der Waals surface area contributed by atoms with Crippen molar-refractivity contribution in [2.45, 2.75) is 32.1 Å². The van der Waals surface area contributed by atoms with Gasteiger partial charge in [0.05, 0.1) is 11.5 Å². The number of aliphatic carboxylic acids is 1. The second-order valence-electron chi connectivity index (χ2n) is 8.10. The molecule has 1 aliphatic rings. The predicted octanol–water partition coefficient (Wildman–Crippen LogP) is 4.62. The van der Waals surface area contributed by atoms with E-state index < -0.39 is 5.97 Å². The average Bonchev–Trinajstić information content (AvgIpc) is 3.31. The highest BCUT2D eigenvalue weighted by Gasteiger charge is 2.25. The van der Waals surface area contributed by atoms with Crippen LogP contribution in [-0.2, 0) is 16.0 Å². The van der Waals surface area contributed by atoms with E-state index in [4.69, 9.17) is 9.84 Å². The Kier molecular flexibility index (Phi) is 6.94. The second-order valence-corrected chi connectivity index (χ2v) is 9.05. The van der Waals surface area contributed by atoms with Crippen molar-refractivity contribution in [2.75, 3.05) is 13.2 Å². The summed E-state index contributed by atoms with van der Waals surface area (Å²) in [6, 6.07) is 14.0. The molecule has 0 unspecified atom stereocenters. The summed E-state index contributed by atoms with van der Waals surface area (Å²) < 4.78 is 5.28. The van der Waals surface area contributed by atoms with Crippen molar-refractivity contribution in [1.29, 1.82) is 0 Å². The second kappa shape index (κ2) is 10.0. The van der Waals surface area contributed by atoms with Crippen LogP contribution in [0.25, 0.3) is 21.7 Å². The molecule has 0 aliphatic heterocycles. The lowest BCUT2D eigenvalue weighted by Gasteiger charge is -2.28. The van der Waals surface area contributed by atoms with E-state index in [-0.39, 0.29) is 12.2 Å². The molecule has 2 aromatic heterocycles. The summed E-state index contributed by atoms with van der Waals surface area (Å²) >= 11 is 1.62. The highest BCUT2D eigenvalue weighted by atomic mass is 32.1. The first-order chi connectivity index (χ1) is 15.1. The molecule has 2 heterocycles. The van der Waals surface area contributed by atoms with Crippen LogP contribution in [0.15, 0.2) is 52.6 Å². The van der Waals surface area contributed by atoms with Gasteiger partial charge in [0, 0.05) is 11.1 Å². The molecule has 0 radical (unpaired) electrons. The van der Waals surface area contributed by atoms with Gasteiger partial charge in [-0.15, -0.1) is 11.3 Å². The van der Waals surface area contributed by atoms with Crippen LogP contribution in [0.2, 0.25) is 0 Å². The minimum atomic E-state index is -0.930. The number of H-pyrrole nitrogens is 1. The van der Waals surface area contributed by atoms with E-state index in [0.717, 1.165) is 52.9 Å². The van der Waals surface area contributed by atoms with Crippen LogP contribution in [0.1, 0.15) is 31.2 Å². The number of carbonyl (C=O) groups is 1. The fourth-order valence-corrected chi connectivity index (χ4v) is 5.11. The number of carboxylic acid groups (broad SMARTS) is 1. The number of nitrogens with one attached hydrogen (secondary N) is 1. The van der Waals surface area contributed by atoms with Crippen LogP contribution >= 0.6 is 11.3 Å². The van der Waals surface area contributed by atoms with Gasteiger partial charge in [0.15, 0.2) is 0 Å². The van der Waals surface area contributed by atoms with Crippen molar-refractivity contribution in [3.8, 4) is 21.7 Å². The highest BCUT2D eigenvalue weighted by molar-refractivity contribution is 7.13. The highest BCUT2D eigenvalue weighted by Crippen LogP contribution is 2.37. The third kappa shape index (κ3) is 5.29. The Morgan fingerprint density at radius 1 is 1.10 bits per heavy atom. The van der Waals surface area contributed by atoms with E-state index in [0.29, 0.717) is 24.9 Å². The van der Waals surface area contributed by atoms with E-state index >= 15 is 0 Å². The van der Waals surface area contributed by atoms with Gasteiger partial charge < -0.3 is 9.84 Å². The maximum Gasteiger partial charge on any atom is 0.329 e. The van der Waals surface area contributed by atoms with Crippen LogP contribution in [0.4, 0.5) is 0 Å². The quantitative estimate of drug-likeness (QED) is 0.536. The first-order valence-electron chi connectivity index (χ1n) is 10.6. The number of nitrogens with zero attached hydrogens (tertiary/aromatic N) is 1. The molecule has 4 rings (SSSR count). The molecule has 0 atom stereocenters. The van der Waals surface area contributed by atoms with E-state index in [9.17, 15) is 9.59 Å². The molecular weight excluding hydrogens is 412 g/mol. The molecule has 1 saturated carbocycles. The van der Waals surface area contributed by atoms with Gasteiger partial charge in [-0.3, -0.25) is 4.79 Å². The molecule has 162 valence electrons. The van der Waals surface area contributed by atoms with Crippen LogP contribution in [0, 0.1) is 11.8 Å². The Balaban J connectivity index is 1.56. The number of ether oxygens (including phenoxy) is 1. The lowest BCUT2D eigenvalue weighted by atomic mass is 9.78. The van der Waals surface area contributed by atoms with Crippen molar-refractivity contribution in [1.82, 2.24) is 10.2 Å². The molecule has 7 heteroatoms. The SMILES string of the molecule is O=C(O)COCC1CCC(Cc2c(-c3ccccc3)c(-c3cccs3)n[nH]c2=O)CC1. The molecule has 0 amide bonds. The number of hydrogen-bond donors (Lipinski definition) is 2. The third-order valence-electron chi connectivity index (χ3n) is 5.94. The van der Waals surface area contributed by atoms with Crippen LogP contribution in [0.3, 0.4) is 0 Å². The number of thiophene rings is 1. The van der Waals surface area contributed by atoms with E-state index in [1.807, 2.05) is 47.8 Å². The zero-order valence-electron chi connectivity index (χ0n) is 17.3. The summed E-state index contributed by atoms with van der Waals surface area (Å²) in [5, 5.41) is 17.9. The predicted molar refractivity (Wildman–Crippen MR) is 121 cm³/mol. The van der Waals surface area contributed by atoms with Gasteiger partial charge >= 0.3 is 5.97 Å². The molecule has 0 spiro atoms. The summed E-state index contributed by atoms with van der Waals surface area (Å²) in [5.74, 6) is -0.125. The molecule has 1 fully saturated rings. The molecule has 0 saturated heterocycles. The number of aromatic nitrogens is 2. The summed E-state index contributed by atoms with van der Waals surface area (Å²) in [6.07, 6.45) is 4.71. The molecule has 0 bridgehead atoms. The van der Waals surface area contributed by atoms with Gasteiger partial charge in [0.25, 0.3) is 5.56 Å². The molecular formula is C24H26N2O4S. The standard InChI is InChI=1S/C24H26N2O4S/c27-21(28)15-30-14-17-10-8-16(9-11-17)13-19-22(18-5-2-1-3-6-18)23(25-26-24(19)29)20-7-4-12-31-20/h1-7,12,16-17H,8-11,13-15H2,(H,26,29)(H,27,28). The number of aromatic amines is 1. The summed E-state index contributed by atoms with van der Waals surface area (Å²) in [4.78, 5) is 24.6. The van der Waals surface area contributed by atoms with E-state index in [2.05, 4.69) is 10.2 Å². The largest absolute Gasteiger partial charge is 0.480 e. The van der Waals surface area contributed by atoms with Crippen LogP contribution < -0.4 is 5.56 Å². The lowest BCUT2D eigenvalue weighted by molar-refractivity contribution is -0.142. The van der Waals surface area contributed by atoms with Gasteiger partial charge in [-0.2, -0.15) is 5.10 Å². The Morgan fingerprint density at radius 2 is 1.84 bits per heavy atom. The fourth-order valence-electron chi connectivity index (χ4n) is 4.39. The third-order valence-corrected chi connectivity index (χ3v) is 6.81. The number of benzene rings is 1. The minimum absolute atomic E-state index is 0.119. The van der Waals surface area contributed by atoms with E-state index in [1.165, 1.54) is 0 Å². The molecule has 31 heavy (non-hydrogen) atoms. The topological polar surface area (TPSA) is 92.3 Å². The van der Waals surface area contributed by atoms with Crippen molar-refractivity contribution >= 4 is 17.3 Å². The minimum Gasteiger partial charge on any atom is -0.480 e. The van der Waals surface area contributed by atoms with Crippen molar-refractivity contribution < 1.29 is 14.6 Å². The monoisotopic (exact) mass is 438 g/mol. The smallest absolute Gasteiger partial charge is 0.329 e. The Labute approximate surface area is 184 Å². The van der Waals surface area contributed by atoms with E-state index in [1.54, 1.807) is 11.3 Å². The Morgan fingerprint density at radius 3 is 2.52 bits per heavy atom. The van der Waals surface area contributed by atoms with Gasteiger partial charge in [0.1, 0.15) is 12.3 Å². The lowest BCUT2D eigenvalue weighted by Crippen LogP contribution is -2.24. The fraction of sp³-hybridized carbons (Fsp3) is 0.375. The van der Waals surface area contributed by atoms with Crippen molar-refractivity contribution in [3.63, 3.8) is 0 Å².